The Labute approximate surface area is 190 Å². The zero-order valence-electron chi connectivity index (χ0n) is 18.3. The number of hydrogen-bond donors (Lipinski definition) is 0. The number of nitrogens with zero attached hydrogens (tertiary/aromatic N) is 5. The van der Waals surface area contributed by atoms with E-state index in [9.17, 15) is 4.39 Å². The molecule has 0 spiro atoms. The molecule has 3 heterocycles. The molecule has 1 fully saturated rings. The van der Waals surface area contributed by atoms with E-state index >= 15 is 0 Å². The van der Waals surface area contributed by atoms with Crippen LogP contribution in [0.25, 0.3) is 22.8 Å². The summed E-state index contributed by atoms with van der Waals surface area (Å²) in [6, 6.07) is 13.7. The van der Waals surface area contributed by atoms with Gasteiger partial charge in [-0.1, -0.05) is 22.4 Å². The van der Waals surface area contributed by atoms with Crippen molar-refractivity contribution in [1.82, 2.24) is 25.2 Å². The van der Waals surface area contributed by atoms with E-state index < -0.39 is 0 Å². The minimum Gasteiger partial charge on any atom is -0.493 e. The van der Waals surface area contributed by atoms with Crippen LogP contribution in [0.5, 0.6) is 5.75 Å². The molecule has 0 N–H and O–H groups in total. The highest BCUT2D eigenvalue weighted by Crippen LogP contribution is 2.30. The number of benzene rings is 2. The average molecular weight is 449 g/mol. The van der Waals surface area contributed by atoms with Crippen LogP contribution in [-0.2, 0) is 6.54 Å². The fraction of sp³-hybridized carbons (Fsp3) is 0.333. The van der Waals surface area contributed by atoms with Crippen LogP contribution < -0.4 is 4.74 Å². The van der Waals surface area contributed by atoms with Crippen molar-refractivity contribution in [2.75, 3.05) is 19.7 Å². The maximum absolute atomic E-state index is 13.2. The van der Waals surface area contributed by atoms with Gasteiger partial charge in [0, 0.05) is 12.1 Å². The van der Waals surface area contributed by atoms with Crippen LogP contribution >= 0.6 is 0 Å². The Morgan fingerprint density at radius 3 is 2.70 bits per heavy atom. The topological polar surface area (TPSA) is 90.3 Å². The lowest BCUT2D eigenvalue weighted by atomic mass is 9.98. The highest BCUT2D eigenvalue weighted by Gasteiger charge is 2.27. The van der Waals surface area contributed by atoms with E-state index in [1.807, 2.05) is 31.2 Å². The molecule has 1 aliphatic heterocycles. The third-order valence-electron chi connectivity index (χ3n) is 5.65. The molecule has 0 aliphatic carbocycles. The van der Waals surface area contributed by atoms with E-state index in [1.54, 1.807) is 12.1 Å². The second-order valence-corrected chi connectivity index (χ2v) is 7.98. The average Bonchev–Trinajstić information content (AvgIpc) is 3.51. The van der Waals surface area contributed by atoms with Crippen LogP contribution in [0.3, 0.4) is 0 Å². The van der Waals surface area contributed by atoms with Crippen LogP contribution in [-0.4, -0.2) is 44.9 Å². The number of halogens is 1. The first-order valence-corrected chi connectivity index (χ1v) is 11.1. The largest absolute Gasteiger partial charge is 0.493 e. The molecule has 5 rings (SSSR count). The molecule has 0 amide bonds. The van der Waals surface area contributed by atoms with Crippen molar-refractivity contribution in [3.63, 3.8) is 0 Å². The zero-order chi connectivity index (χ0) is 22.6. The third kappa shape index (κ3) is 4.78. The molecule has 33 heavy (non-hydrogen) atoms. The number of hydrogen-bond acceptors (Lipinski definition) is 8. The lowest BCUT2D eigenvalue weighted by molar-refractivity contribution is 0.162. The van der Waals surface area contributed by atoms with Crippen molar-refractivity contribution in [1.29, 1.82) is 0 Å². The van der Waals surface area contributed by atoms with Crippen LogP contribution in [0.2, 0.25) is 0 Å². The second kappa shape index (κ2) is 9.50. The lowest BCUT2D eigenvalue weighted by Gasteiger charge is -2.29. The van der Waals surface area contributed by atoms with Gasteiger partial charge in [0.15, 0.2) is 0 Å². The lowest BCUT2D eigenvalue weighted by Crippen LogP contribution is -2.34. The SMILES string of the molecule is CCOc1ccccc1-c1noc(CN2CCCC(c3nc(-c4ccc(F)cc4)no3)C2)n1. The maximum atomic E-state index is 13.2. The quantitative estimate of drug-likeness (QED) is 0.401. The van der Waals surface area contributed by atoms with Gasteiger partial charge in [-0.15, -0.1) is 0 Å². The van der Waals surface area contributed by atoms with Gasteiger partial charge in [-0.3, -0.25) is 4.90 Å². The van der Waals surface area contributed by atoms with E-state index in [4.69, 9.17) is 13.8 Å². The van der Waals surface area contributed by atoms with Gasteiger partial charge in [0.1, 0.15) is 11.6 Å². The zero-order valence-corrected chi connectivity index (χ0v) is 18.3. The highest BCUT2D eigenvalue weighted by molar-refractivity contribution is 5.63. The van der Waals surface area contributed by atoms with Crippen molar-refractivity contribution < 1.29 is 18.2 Å². The Balaban J connectivity index is 1.26. The Morgan fingerprint density at radius 2 is 1.85 bits per heavy atom. The minimum absolute atomic E-state index is 0.113. The minimum atomic E-state index is -0.295. The number of ether oxygens (including phenoxy) is 1. The molecule has 0 saturated carbocycles. The molecule has 4 aromatic rings. The fourth-order valence-electron chi connectivity index (χ4n) is 4.07. The highest BCUT2D eigenvalue weighted by atomic mass is 19.1. The summed E-state index contributed by atoms with van der Waals surface area (Å²) in [5, 5.41) is 8.24. The van der Waals surface area contributed by atoms with Crippen molar-refractivity contribution in [2.24, 2.45) is 0 Å². The first kappa shape index (κ1) is 21.3. The summed E-state index contributed by atoms with van der Waals surface area (Å²) < 4.78 is 29.9. The molecule has 1 aliphatic rings. The molecular formula is C24H24FN5O3. The van der Waals surface area contributed by atoms with Gasteiger partial charge in [-0.25, -0.2) is 4.39 Å². The summed E-state index contributed by atoms with van der Waals surface area (Å²) in [6.45, 7) is 4.72. The van der Waals surface area contributed by atoms with Gasteiger partial charge in [0.2, 0.25) is 23.4 Å². The summed E-state index contributed by atoms with van der Waals surface area (Å²) in [5.74, 6) is 2.68. The van der Waals surface area contributed by atoms with Gasteiger partial charge in [-0.2, -0.15) is 9.97 Å². The van der Waals surface area contributed by atoms with Crippen molar-refractivity contribution in [3.05, 3.63) is 66.1 Å². The molecule has 2 aromatic heterocycles. The third-order valence-corrected chi connectivity index (χ3v) is 5.65. The standard InChI is InChI=1S/C24H24FN5O3/c1-2-31-20-8-4-3-7-19(20)23-26-21(32-29-23)15-30-13-5-6-17(14-30)24-27-22(28-33-24)16-9-11-18(25)12-10-16/h3-4,7-12,17H,2,5-6,13-15H2,1H3. The van der Waals surface area contributed by atoms with Crippen molar-refractivity contribution in [3.8, 4) is 28.5 Å². The molecule has 0 radical (unpaired) electrons. The summed E-state index contributed by atoms with van der Waals surface area (Å²) in [5.41, 5.74) is 1.54. The molecule has 8 nitrogen and oxygen atoms in total. The Bertz CT molecular complexity index is 1210. The van der Waals surface area contributed by atoms with Gasteiger partial charge in [-0.05, 0) is 62.7 Å². The van der Waals surface area contributed by atoms with Gasteiger partial charge in [0.25, 0.3) is 0 Å². The first-order valence-electron chi connectivity index (χ1n) is 11.1. The maximum Gasteiger partial charge on any atom is 0.241 e. The summed E-state index contributed by atoms with van der Waals surface area (Å²) in [7, 11) is 0. The molecule has 9 heteroatoms. The molecule has 170 valence electrons. The smallest absolute Gasteiger partial charge is 0.241 e. The fourth-order valence-corrected chi connectivity index (χ4v) is 4.07. The molecule has 1 atom stereocenters. The summed E-state index contributed by atoms with van der Waals surface area (Å²) >= 11 is 0. The normalized spacial score (nSPS) is 16.7. The predicted molar refractivity (Wildman–Crippen MR) is 118 cm³/mol. The van der Waals surface area contributed by atoms with Gasteiger partial charge < -0.3 is 13.8 Å². The summed E-state index contributed by atoms with van der Waals surface area (Å²) in [4.78, 5) is 11.4. The van der Waals surface area contributed by atoms with Crippen molar-refractivity contribution >= 4 is 0 Å². The number of para-hydroxylation sites is 1. The molecule has 1 saturated heterocycles. The van der Waals surface area contributed by atoms with E-state index in [2.05, 4.69) is 25.2 Å². The predicted octanol–water partition coefficient (Wildman–Crippen LogP) is 4.70. The number of piperidine rings is 1. The van der Waals surface area contributed by atoms with Crippen LogP contribution in [0.1, 0.15) is 37.5 Å². The molecule has 1 unspecified atom stereocenters. The van der Waals surface area contributed by atoms with Crippen molar-refractivity contribution in [2.45, 2.75) is 32.2 Å². The van der Waals surface area contributed by atoms with Crippen LogP contribution in [0.4, 0.5) is 4.39 Å². The second-order valence-electron chi connectivity index (χ2n) is 7.98. The van der Waals surface area contributed by atoms with Gasteiger partial charge in [0.05, 0.1) is 24.6 Å². The van der Waals surface area contributed by atoms with E-state index in [-0.39, 0.29) is 11.7 Å². The van der Waals surface area contributed by atoms with Crippen LogP contribution in [0, 0.1) is 5.82 Å². The molecular weight excluding hydrogens is 425 g/mol. The Hall–Kier alpha value is -3.59. The van der Waals surface area contributed by atoms with E-state index in [0.717, 1.165) is 42.8 Å². The molecule has 0 bridgehead atoms. The Morgan fingerprint density at radius 1 is 1.03 bits per heavy atom. The van der Waals surface area contributed by atoms with E-state index in [1.165, 1.54) is 12.1 Å². The van der Waals surface area contributed by atoms with E-state index in [0.29, 0.717) is 36.6 Å². The van der Waals surface area contributed by atoms with Gasteiger partial charge >= 0.3 is 0 Å². The Kier molecular flexibility index (Phi) is 6.12. The first-order chi connectivity index (χ1) is 16.2. The number of rotatable bonds is 7. The summed E-state index contributed by atoms with van der Waals surface area (Å²) in [6.07, 6.45) is 1.95. The molecule has 2 aromatic carbocycles. The monoisotopic (exact) mass is 449 g/mol. The van der Waals surface area contributed by atoms with Crippen LogP contribution in [0.15, 0.2) is 57.6 Å². The number of aromatic nitrogens is 4. The number of likely N-dealkylation sites (tertiary alicyclic amines) is 1.